The number of H-pyrrole nitrogens is 1. The molecule has 1 aliphatic rings. The molecular formula is C17H23N5O4. The SMILES string of the molecule is Cc1cc(C(=O)N[C@@H]2CCN(C(=O)Cc3c(C)n[nH]c3C)C[C@H]2O)no1. The number of likely N-dealkylation sites (tertiary alicyclic amines) is 1. The van der Waals surface area contributed by atoms with Gasteiger partial charge < -0.3 is 19.8 Å². The van der Waals surface area contributed by atoms with Gasteiger partial charge in [-0.1, -0.05) is 5.16 Å². The first-order chi connectivity index (χ1) is 12.3. The molecular weight excluding hydrogens is 338 g/mol. The Morgan fingerprint density at radius 1 is 1.42 bits per heavy atom. The zero-order valence-corrected chi connectivity index (χ0v) is 15.1. The van der Waals surface area contributed by atoms with Crippen LogP contribution >= 0.6 is 0 Å². The highest BCUT2D eigenvalue weighted by Gasteiger charge is 2.32. The molecule has 1 fully saturated rings. The highest BCUT2D eigenvalue weighted by molar-refractivity contribution is 5.92. The van der Waals surface area contributed by atoms with Crippen molar-refractivity contribution in [2.75, 3.05) is 13.1 Å². The summed E-state index contributed by atoms with van der Waals surface area (Å²) in [4.78, 5) is 26.3. The van der Waals surface area contributed by atoms with Gasteiger partial charge >= 0.3 is 0 Å². The lowest BCUT2D eigenvalue weighted by Crippen LogP contribution is -2.55. The van der Waals surface area contributed by atoms with Crippen LogP contribution in [0, 0.1) is 20.8 Å². The maximum absolute atomic E-state index is 12.5. The molecule has 9 nitrogen and oxygen atoms in total. The number of carbonyl (C=O) groups is 2. The van der Waals surface area contributed by atoms with E-state index in [1.54, 1.807) is 11.8 Å². The van der Waals surface area contributed by atoms with Crippen LogP contribution in [0.1, 0.15) is 39.6 Å². The smallest absolute Gasteiger partial charge is 0.273 e. The van der Waals surface area contributed by atoms with Gasteiger partial charge in [0.2, 0.25) is 5.91 Å². The van der Waals surface area contributed by atoms with Crippen molar-refractivity contribution < 1.29 is 19.2 Å². The molecule has 3 heterocycles. The van der Waals surface area contributed by atoms with Crippen LogP contribution in [0.25, 0.3) is 0 Å². The first kappa shape index (κ1) is 18.1. The minimum atomic E-state index is -0.837. The van der Waals surface area contributed by atoms with E-state index in [0.717, 1.165) is 17.0 Å². The Bertz CT molecular complexity index is 792. The van der Waals surface area contributed by atoms with Gasteiger partial charge in [-0.15, -0.1) is 0 Å². The fourth-order valence-electron chi connectivity index (χ4n) is 3.14. The van der Waals surface area contributed by atoms with E-state index in [9.17, 15) is 14.7 Å². The van der Waals surface area contributed by atoms with Crippen molar-refractivity contribution in [3.05, 3.63) is 34.5 Å². The van der Waals surface area contributed by atoms with E-state index in [2.05, 4.69) is 20.7 Å². The number of aliphatic hydroxyl groups is 1. The van der Waals surface area contributed by atoms with Crippen molar-refractivity contribution in [1.82, 2.24) is 25.6 Å². The largest absolute Gasteiger partial charge is 0.389 e. The van der Waals surface area contributed by atoms with Crippen LogP contribution in [0.15, 0.2) is 10.6 Å². The summed E-state index contributed by atoms with van der Waals surface area (Å²) in [6.45, 7) is 6.08. The monoisotopic (exact) mass is 361 g/mol. The zero-order chi connectivity index (χ0) is 18.8. The molecule has 9 heteroatoms. The standard InChI is InChI=1S/C17H23N5O4/c1-9-6-14(21-26-9)17(25)18-13-4-5-22(8-15(13)23)16(24)7-12-10(2)19-20-11(12)3/h6,13,15,23H,4-5,7-8H2,1-3H3,(H,18,25)(H,19,20)/t13-,15-/m1/s1. The molecule has 3 N–H and O–H groups in total. The van der Waals surface area contributed by atoms with Crippen LogP contribution < -0.4 is 5.32 Å². The van der Waals surface area contributed by atoms with Crippen LogP contribution in [0.3, 0.4) is 0 Å². The number of β-amino-alcohol motifs (C(OH)–C–C–N with tert-alkyl or cyclic N) is 1. The molecule has 1 aliphatic heterocycles. The zero-order valence-electron chi connectivity index (χ0n) is 15.1. The molecule has 0 radical (unpaired) electrons. The van der Waals surface area contributed by atoms with Gasteiger partial charge in [-0.3, -0.25) is 14.7 Å². The molecule has 2 aromatic heterocycles. The van der Waals surface area contributed by atoms with Crippen LogP contribution in [0.2, 0.25) is 0 Å². The maximum Gasteiger partial charge on any atom is 0.273 e. The number of piperidine rings is 1. The van der Waals surface area contributed by atoms with E-state index < -0.39 is 18.1 Å². The number of hydrogen-bond acceptors (Lipinski definition) is 6. The summed E-state index contributed by atoms with van der Waals surface area (Å²) >= 11 is 0. The molecule has 0 saturated carbocycles. The molecule has 0 aromatic carbocycles. The van der Waals surface area contributed by atoms with Crippen molar-refractivity contribution in [3.8, 4) is 0 Å². The van der Waals surface area contributed by atoms with Gasteiger partial charge in [-0.25, -0.2) is 0 Å². The summed E-state index contributed by atoms with van der Waals surface area (Å²) in [5.41, 5.74) is 2.75. The third-order valence-corrected chi connectivity index (χ3v) is 4.72. The number of nitrogens with one attached hydrogen (secondary N) is 2. The van der Waals surface area contributed by atoms with Crippen molar-refractivity contribution in [2.45, 2.75) is 45.8 Å². The predicted molar refractivity (Wildman–Crippen MR) is 91.5 cm³/mol. The van der Waals surface area contributed by atoms with Gasteiger partial charge in [-0.2, -0.15) is 5.10 Å². The van der Waals surface area contributed by atoms with Crippen molar-refractivity contribution in [2.24, 2.45) is 0 Å². The van der Waals surface area contributed by atoms with E-state index in [1.165, 1.54) is 6.07 Å². The summed E-state index contributed by atoms with van der Waals surface area (Å²) in [7, 11) is 0. The average molecular weight is 361 g/mol. The van der Waals surface area contributed by atoms with Crippen LogP contribution in [-0.2, 0) is 11.2 Å². The Labute approximate surface area is 150 Å². The molecule has 0 bridgehead atoms. The molecule has 0 aliphatic carbocycles. The Kier molecular flexibility index (Phi) is 5.08. The number of nitrogens with zero attached hydrogens (tertiary/aromatic N) is 3. The Morgan fingerprint density at radius 3 is 2.77 bits per heavy atom. The quantitative estimate of drug-likeness (QED) is 0.717. The van der Waals surface area contributed by atoms with Crippen molar-refractivity contribution in [1.29, 1.82) is 0 Å². The Morgan fingerprint density at radius 2 is 2.19 bits per heavy atom. The molecule has 1 saturated heterocycles. The minimum absolute atomic E-state index is 0.0615. The second-order valence-electron chi connectivity index (χ2n) is 6.69. The van der Waals surface area contributed by atoms with Crippen LogP contribution in [-0.4, -0.2) is 62.4 Å². The van der Waals surface area contributed by atoms with Crippen LogP contribution in [0.4, 0.5) is 0 Å². The van der Waals surface area contributed by atoms with Gasteiger partial charge in [0.1, 0.15) is 5.76 Å². The first-order valence-electron chi connectivity index (χ1n) is 8.55. The van der Waals surface area contributed by atoms with Gasteiger partial charge in [0.15, 0.2) is 5.69 Å². The van der Waals surface area contributed by atoms with E-state index in [1.807, 2.05) is 13.8 Å². The number of hydrogen-bond donors (Lipinski definition) is 3. The summed E-state index contributed by atoms with van der Waals surface area (Å²) < 4.78 is 4.89. The molecule has 3 rings (SSSR count). The lowest BCUT2D eigenvalue weighted by atomic mass is 10.0. The third kappa shape index (κ3) is 3.77. The average Bonchev–Trinajstić information content (AvgIpc) is 3.17. The predicted octanol–water partition coefficient (Wildman–Crippen LogP) is 0.257. The van der Waals surface area contributed by atoms with Gasteiger partial charge in [-0.05, 0) is 27.2 Å². The van der Waals surface area contributed by atoms with E-state index in [0.29, 0.717) is 18.7 Å². The lowest BCUT2D eigenvalue weighted by Gasteiger charge is -2.36. The van der Waals surface area contributed by atoms with Gasteiger partial charge in [0, 0.05) is 30.4 Å². The number of amides is 2. The molecule has 26 heavy (non-hydrogen) atoms. The molecule has 2 aromatic rings. The summed E-state index contributed by atoms with van der Waals surface area (Å²) in [5.74, 6) is 0.0878. The second kappa shape index (κ2) is 7.28. The number of aromatic nitrogens is 3. The number of rotatable bonds is 4. The van der Waals surface area contributed by atoms with E-state index in [4.69, 9.17) is 4.52 Å². The molecule has 0 unspecified atom stereocenters. The number of aromatic amines is 1. The third-order valence-electron chi connectivity index (χ3n) is 4.72. The van der Waals surface area contributed by atoms with E-state index in [-0.39, 0.29) is 24.6 Å². The first-order valence-corrected chi connectivity index (χ1v) is 8.55. The number of aliphatic hydroxyl groups excluding tert-OH is 1. The highest BCUT2D eigenvalue weighted by Crippen LogP contribution is 2.16. The molecule has 140 valence electrons. The summed E-state index contributed by atoms with van der Waals surface area (Å²) in [5, 5.41) is 23.7. The van der Waals surface area contributed by atoms with Crippen molar-refractivity contribution >= 4 is 11.8 Å². The minimum Gasteiger partial charge on any atom is -0.389 e. The van der Waals surface area contributed by atoms with Crippen molar-refractivity contribution in [3.63, 3.8) is 0 Å². The number of carbonyl (C=O) groups excluding carboxylic acids is 2. The fourth-order valence-corrected chi connectivity index (χ4v) is 3.14. The van der Waals surface area contributed by atoms with Crippen LogP contribution in [0.5, 0.6) is 0 Å². The Hall–Kier alpha value is -2.68. The fraction of sp³-hybridized carbons (Fsp3) is 0.529. The maximum atomic E-state index is 12.5. The normalized spacial score (nSPS) is 20.2. The van der Waals surface area contributed by atoms with Gasteiger partial charge in [0.25, 0.3) is 5.91 Å². The topological polar surface area (TPSA) is 124 Å². The summed E-state index contributed by atoms with van der Waals surface area (Å²) in [6.07, 6.45) is -0.120. The van der Waals surface area contributed by atoms with Gasteiger partial charge in [0.05, 0.1) is 24.3 Å². The lowest BCUT2D eigenvalue weighted by molar-refractivity contribution is -0.134. The summed E-state index contributed by atoms with van der Waals surface area (Å²) in [6, 6.07) is 1.11. The number of aryl methyl sites for hydroxylation is 3. The molecule has 2 amide bonds. The highest BCUT2D eigenvalue weighted by atomic mass is 16.5. The molecule has 0 spiro atoms. The molecule has 2 atom stereocenters. The second-order valence-corrected chi connectivity index (χ2v) is 6.69. The Balaban J connectivity index is 1.56. The van der Waals surface area contributed by atoms with E-state index >= 15 is 0 Å².